The fourth-order valence-corrected chi connectivity index (χ4v) is 9.15. The molecule has 0 aliphatic heterocycles. The van der Waals surface area contributed by atoms with Gasteiger partial charge in [0.25, 0.3) is 0 Å². The highest BCUT2D eigenvalue weighted by molar-refractivity contribution is 6.16. The second-order valence-corrected chi connectivity index (χ2v) is 14.2. The lowest BCUT2D eigenvalue weighted by atomic mass is 9.93. The van der Waals surface area contributed by atoms with Gasteiger partial charge in [-0.1, -0.05) is 97.1 Å². The first-order chi connectivity index (χ1) is 24.8. The van der Waals surface area contributed by atoms with Gasteiger partial charge >= 0.3 is 0 Å². The van der Waals surface area contributed by atoms with Crippen LogP contribution in [-0.2, 0) is 12.8 Å². The number of furan rings is 1. The highest BCUT2D eigenvalue weighted by Crippen LogP contribution is 2.50. The van der Waals surface area contributed by atoms with Crippen molar-refractivity contribution in [2.75, 3.05) is 4.90 Å². The summed E-state index contributed by atoms with van der Waals surface area (Å²) in [5.41, 5.74) is 19.2. The molecule has 2 nitrogen and oxygen atoms in total. The second-order valence-electron chi connectivity index (χ2n) is 14.2. The molecular weight excluding hydrogens is 607 g/mol. The Hall–Kier alpha value is -5.86. The Kier molecular flexibility index (Phi) is 6.07. The van der Waals surface area contributed by atoms with E-state index < -0.39 is 0 Å². The van der Waals surface area contributed by atoms with Crippen molar-refractivity contribution in [1.82, 2.24) is 0 Å². The maximum Gasteiger partial charge on any atom is 0.136 e. The Morgan fingerprint density at radius 2 is 1.36 bits per heavy atom. The molecule has 0 bridgehead atoms. The van der Waals surface area contributed by atoms with Gasteiger partial charge in [-0.3, -0.25) is 0 Å². The molecule has 0 amide bonds. The fraction of sp³-hybridized carbons (Fsp3) is 0.125. The first-order valence-electron chi connectivity index (χ1n) is 18.1. The molecule has 0 spiro atoms. The quantitative estimate of drug-likeness (QED) is 0.190. The molecule has 0 atom stereocenters. The maximum absolute atomic E-state index is 6.60. The van der Waals surface area contributed by atoms with Gasteiger partial charge in [0.05, 0.1) is 5.69 Å². The molecule has 1 aromatic heterocycles. The molecule has 2 heteroatoms. The van der Waals surface area contributed by atoms with Crippen LogP contribution < -0.4 is 4.90 Å². The van der Waals surface area contributed by atoms with Gasteiger partial charge in [-0.15, -0.1) is 0 Å². The number of hydrogen-bond donors (Lipinski definition) is 0. The Bertz CT molecular complexity index is 2710. The van der Waals surface area contributed by atoms with Crippen LogP contribution in [0.25, 0.3) is 60.5 Å². The summed E-state index contributed by atoms with van der Waals surface area (Å²) in [6.07, 6.45) is 9.24. The van der Waals surface area contributed by atoms with Crippen molar-refractivity contribution in [3.8, 4) is 22.3 Å². The van der Waals surface area contributed by atoms with Gasteiger partial charge in [0.15, 0.2) is 0 Å². The van der Waals surface area contributed by atoms with Crippen LogP contribution in [0.4, 0.5) is 17.1 Å². The average Bonchev–Trinajstić information content (AvgIpc) is 3.87. The molecule has 0 saturated carbocycles. The monoisotopic (exact) mass is 641 g/mol. The smallest absolute Gasteiger partial charge is 0.136 e. The summed E-state index contributed by atoms with van der Waals surface area (Å²) in [6.45, 7) is 0. The summed E-state index contributed by atoms with van der Waals surface area (Å²) < 4.78 is 6.60. The number of allylic oxidation sites excluding steroid dienone is 2. The number of nitrogens with zero attached hydrogens (tertiary/aromatic N) is 1. The number of benzene rings is 7. The van der Waals surface area contributed by atoms with E-state index in [1.165, 1.54) is 114 Å². The van der Waals surface area contributed by atoms with Crippen molar-refractivity contribution in [3.63, 3.8) is 0 Å². The van der Waals surface area contributed by atoms with E-state index in [0.717, 1.165) is 29.7 Å². The molecule has 3 aliphatic rings. The number of anilines is 3. The molecule has 238 valence electrons. The molecule has 0 radical (unpaired) electrons. The van der Waals surface area contributed by atoms with Crippen LogP contribution >= 0.6 is 0 Å². The van der Waals surface area contributed by atoms with Crippen LogP contribution in [0.3, 0.4) is 0 Å². The van der Waals surface area contributed by atoms with E-state index in [1.54, 1.807) is 0 Å². The number of fused-ring (bicyclic) bond motifs is 12. The third-order valence-corrected chi connectivity index (χ3v) is 11.5. The molecule has 0 unspecified atom stereocenters. The van der Waals surface area contributed by atoms with Crippen LogP contribution in [0.1, 0.15) is 53.5 Å². The Labute approximate surface area is 291 Å². The maximum atomic E-state index is 6.60. The van der Waals surface area contributed by atoms with Crippen LogP contribution in [0.5, 0.6) is 0 Å². The second kappa shape index (κ2) is 10.8. The molecule has 50 heavy (non-hydrogen) atoms. The molecule has 1 heterocycles. The minimum Gasteiger partial charge on any atom is -0.456 e. The Balaban J connectivity index is 1.12. The molecular formula is C48H35NO. The van der Waals surface area contributed by atoms with Crippen molar-refractivity contribution >= 4 is 55.3 Å². The lowest BCUT2D eigenvalue weighted by molar-refractivity contribution is 0.669. The van der Waals surface area contributed by atoms with Crippen LogP contribution in [-0.4, -0.2) is 0 Å². The zero-order valence-electron chi connectivity index (χ0n) is 27.9. The van der Waals surface area contributed by atoms with Crippen molar-refractivity contribution in [3.05, 3.63) is 167 Å². The minimum absolute atomic E-state index is 0.927. The van der Waals surface area contributed by atoms with Gasteiger partial charge in [-0.05, 0) is 141 Å². The van der Waals surface area contributed by atoms with Crippen LogP contribution in [0.2, 0.25) is 0 Å². The van der Waals surface area contributed by atoms with E-state index in [4.69, 9.17) is 4.42 Å². The predicted molar refractivity (Wildman–Crippen MR) is 209 cm³/mol. The molecule has 11 rings (SSSR count). The van der Waals surface area contributed by atoms with Crippen molar-refractivity contribution in [1.29, 1.82) is 0 Å². The Morgan fingerprint density at radius 3 is 2.28 bits per heavy atom. The molecule has 3 aliphatic carbocycles. The summed E-state index contributed by atoms with van der Waals surface area (Å²) in [4.78, 5) is 2.48. The van der Waals surface area contributed by atoms with Crippen LogP contribution in [0, 0.1) is 0 Å². The van der Waals surface area contributed by atoms with E-state index >= 15 is 0 Å². The van der Waals surface area contributed by atoms with E-state index in [0.29, 0.717) is 0 Å². The predicted octanol–water partition coefficient (Wildman–Crippen LogP) is 13.3. The number of hydrogen-bond acceptors (Lipinski definition) is 2. The zero-order valence-corrected chi connectivity index (χ0v) is 27.9. The molecule has 0 fully saturated rings. The summed E-state index contributed by atoms with van der Waals surface area (Å²) in [7, 11) is 0. The highest BCUT2D eigenvalue weighted by Gasteiger charge is 2.28. The number of rotatable bonds is 4. The highest BCUT2D eigenvalue weighted by atomic mass is 16.3. The minimum atomic E-state index is 0.927. The van der Waals surface area contributed by atoms with Gasteiger partial charge in [0, 0.05) is 28.6 Å². The SMILES string of the molecule is C1=C(c2ccc(N(c3ccc4oc5ccc6c(c5c4c3)-c3ccc4ccccc4c3C6)c3cccc4c3Cc3ccccc3-4)cc2)CCCC1. The van der Waals surface area contributed by atoms with E-state index in [-0.39, 0.29) is 0 Å². The summed E-state index contributed by atoms with van der Waals surface area (Å²) in [6, 6.07) is 49.6. The topological polar surface area (TPSA) is 16.4 Å². The lowest BCUT2D eigenvalue weighted by Gasteiger charge is -2.28. The first kappa shape index (κ1) is 28.0. The van der Waals surface area contributed by atoms with Crippen molar-refractivity contribution in [2.45, 2.75) is 38.5 Å². The molecule has 0 N–H and O–H groups in total. The lowest BCUT2D eigenvalue weighted by Crippen LogP contribution is -2.12. The summed E-state index contributed by atoms with van der Waals surface area (Å²) >= 11 is 0. The van der Waals surface area contributed by atoms with Gasteiger partial charge in [-0.25, -0.2) is 0 Å². The molecule has 7 aromatic carbocycles. The van der Waals surface area contributed by atoms with E-state index in [2.05, 4.69) is 144 Å². The van der Waals surface area contributed by atoms with Crippen molar-refractivity contribution < 1.29 is 4.42 Å². The summed E-state index contributed by atoms with van der Waals surface area (Å²) in [5.74, 6) is 0. The van der Waals surface area contributed by atoms with Gasteiger partial charge in [-0.2, -0.15) is 0 Å². The van der Waals surface area contributed by atoms with E-state index in [1.807, 2.05) is 0 Å². The molecule has 8 aromatic rings. The third kappa shape index (κ3) is 4.15. The Morgan fingerprint density at radius 1 is 0.540 bits per heavy atom. The van der Waals surface area contributed by atoms with Crippen LogP contribution in [0.15, 0.2) is 144 Å². The molecule has 0 saturated heterocycles. The third-order valence-electron chi connectivity index (χ3n) is 11.5. The largest absolute Gasteiger partial charge is 0.456 e. The summed E-state index contributed by atoms with van der Waals surface area (Å²) in [5, 5.41) is 5.04. The first-order valence-corrected chi connectivity index (χ1v) is 18.1. The zero-order chi connectivity index (χ0) is 32.8. The van der Waals surface area contributed by atoms with Gasteiger partial charge < -0.3 is 9.32 Å². The van der Waals surface area contributed by atoms with Gasteiger partial charge in [0.2, 0.25) is 0 Å². The normalized spacial score (nSPS) is 14.4. The fourth-order valence-electron chi connectivity index (χ4n) is 9.15. The van der Waals surface area contributed by atoms with E-state index in [9.17, 15) is 0 Å². The standard InChI is InChI=1S/C48H35NO/c1-2-9-30(10-3-1)31-17-21-35(22-18-31)49(44-16-8-15-39-38-14-7-5-12-33(38)27-42(39)44)36-23-26-45-43(29-36)48-46(50-45)25-20-34-28-41-37-13-6-4-11-32(37)19-24-40(41)47(34)48/h4-9,11-26,29H,1-3,10,27-28H2. The van der Waals surface area contributed by atoms with Gasteiger partial charge in [0.1, 0.15) is 11.2 Å². The average molecular weight is 642 g/mol. The van der Waals surface area contributed by atoms with Crippen molar-refractivity contribution in [2.24, 2.45) is 0 Å².